The summed E-state index contributed by atoms with van der Waals surface area (Å²) in [5.41, 5.74) is -3.11. The molecule has 8 heavy (non-hydrogen) atoms. The van der Waals surface area contributed by atoms with Gasteiger partial charge >= 0.3 is 0 Å². The monoisotopic (exact) mass is 189 g/mol. The Morgan fingerprint density at radius 3 is 1.62 bits per heavy atom. The zero-order valence-electron chi connectivity index (χ0n) is 3.61. The molecule has 0 aromatic carbocycles. The number of hydrogen-bond donors (Lipinski definition) is 4. The summed E-state index contributed by atoms with van der Waals surface area (Å²) in [6.07, 6.45) is 0. The van der Waals surface area contributed by atoms with E-state index in [1.165, 1.54) is 0 Å². The maximum absolute atomic E-state index is 7.87. The quantitative estimate of drug-likeness (QED) is 0.197. The minimum atomic E-state index is -3.11. The van der Waals surface area contributed by atoms with Crippen molar-refractivity contribution in [1.82, 2.24) is 0 Å². The predicted molar refractivity (Wildman–Crippen MR) is 43.0 cm³/mol. The lowest BCUT2D eigenvalue weighted by Gasteiger charge is -1.88. The van der Waals surface area contributed by atoms with Crippen LogP contribution in [0.5, 0.6) is 0 Å². The summed E-state index contributed by atoms with van der Waals surface area (Å²) >= 11 is 10.9. The molecule has 0 fully saturated rings. The molecule has 0 amide bonds. The maximum Gasteiger partial charge on any atom is 0.239 e. The summed E-state index contributed by atoms with van der Waals surface area (Å²) in [4.78, 5) is 15.7. The summed E-state index contributed by atoms with van der Waals surface area (Å²) < 4.78 is 0. The Labute approximate surface area is 62.6 Å². The lowest BCUT2D eigenvalue weighted by atomic mass is 11.8. The average Bonchev–Trinajstić information content (AvgIpc) is 1.27. The predicted octanol–water partition coefficient (Wildman–Crippen LogP) is 0.793. The number of nitrogens with one attached hydrogen (secondary N) is 1. The average molecular weight is 189 g/mol. The van der Waals surface area contributed by atoms with E-state index in [0.717, 1.165) is 0 Å². The van der Waals surface area contributed by atoms with Crippen LogP contribution in [0, 0.1) is 5.41 Å². The summed E-state index contributed by atoms with van der Waals surface area (Å²) in [5, 5.41) is 7.36. The van der Waals surface area contributed by atoms with E-state index in [0.29, 0.717) is 0 Å². The summed E-state index contributed by atoms with van der Waals surface area (Å²) in [5.74, 6) is 0. The SMILES string of the molecule is N=C=S.OP(O)(=S)S. The number of thiocarbonyl (C=S) groups is 1. The van der Waals surface area contributed by atoms with E-state index < -0.39 is 5.69 Å². The molecule has 3 N–H and O–H groups in total. The molecule has 0 aliphatic rings. The Kier molecular flexibility index (Phi) is 8.41. The molecule has 0 aliphatic carbocycles. The molecule has 0 saturated heterocycles. The lowest BCUT2D eigenvalue weighted by Crippen LogP contribution is -1.53. The van der Waals surface area contributed by atoms with Crippen LogP contribution in [-0.4, -0.2) is 14.9 Å². The van der Waals surface area contributed by atoms with Crippen molar-refractivity contribution in [2.45, 2.75) is 0 Å². The van der Waals surface area contributed by atoms with Crippen LogP contribution in [0.3, 0.4) is 0 Å². The molecule has 48 valence electrons. The van der Waals surface area contributed by atoms with Gasteiger partial charge in [-0.3, -0.25) is 0 Å². The first-order valence-electron chi connectivity index (χ1n) is 1.24. The summed E-state index contributed by atoms with van der Waals surface area (Å²) in [7, 11) is 0. The Hall–Kier alpha value is 0.720. The Morgan fingerprint density at radius 2 is 1.62 bits per heavy atom. The fourth-order valence-corrected chi connectivity index (χ4v) is 0. The van der Waals surface area contributed by atoms with E-state index >= 15 is 0 Å². The van der Waals surface area contributed by atoms with E-state index in [1.807, 2.05) is 0 Å². The topological polar surface area (TPSA) is 64.3 Å². The van der Waals surface area contributed by atoms with Crippen molar-refractivity contribution in [2.75, 3.05) is 0 Å². The molecule has 0 saturated carbocycles. The van der Waals surface area contributed by atoms with Crippen molar-refractivity contribution in [3.63, 3.8) is 0 Å². The number of thiol groups is 1. The van der Waals surface area contributed by atoms with Crippen molar-refractivity contribution in [2.24, 2.45) is 0 Å². The van der Waals surface area contributed by atoms with Crippen molar-refractivity contribution < 1.29 is 9.79 Å². The standard InChI is InChI=1S/CHNS.H3O2PS2/c2-1-3;1-3(2,4)5/h2H;(H3,1,2,4,5). The van der Waals surface area contributed by atoms with Crippen LogP contribution in [0.25, 0.3) is 0 Å². The molecule has 0 radical (unpaired) electrons. The van der Waals surface area contributed by atoms with Gasteiger partial charge in [-0.25, -0.2) is 5.41 Å². The Bertz CT molecular complexity index is 115. The van der Waals surface area contributed by atoms with Gasteiger partial charge in [0.15, 0.2) is 0 Å². The minimum absolute atomic E-state index is 1.58. The zero-order chi connectivity index (χ0) is 7.21. The van der Waals surface area contributed by atoms with Crippen LogP contribution in [0.1, 0.15) is 0 Å². The molecule has 0 unspecified atom stereocenters. The molecular weight excluding hydrogens is 185 g/mol. The van der Waals surface area contributed by atoms with E-state index in [1.54, 1.807) is 5.16 Å². The molecule has 0 spiro atoms. The van der Waals surface area contributed by atoms with Gasteiger partial charge in [-0.1, -0.05) is 12.2 Å². The molecule has 0 aromatic heterocycles. The van der Waals surface area contributed by atoms with Gasteiger partial charge in [-0.05, 0) is 24.0 Å². The highest BCUT2D eigenvalue weighted by atomic mass is 32.9. The number of rotatable bonds is 0. The van der Waals surface area contributed by atoms with E-state index in [4.69, 9.17) is 15.2 Å². The van der Waals surface area contributed by atoms with Crippen LogP contribution >= 0.6 is 30.2 Å². The highest BCUT2D eigenvalue weighted by molar-refractivity contribution is 8.59. The zero-order valence-corrected chi connectivity index (χ0v) is 7.03. The molecular formula is CH4NO2PS3. The largest absolute Gasteiger partial charge is 0.338 e. The van der Waals surface area contributed by atoms with Gasteiger partial charge in [0.1, 0.15) is 0 Å². The van der Waals surface area contributed by atoms with Crippen LogP contribution in [0.4, 0.5) is 0 Å². The van der Waals surface area contributed by atoms with E-state index in [-0.39, 0.29) is 0 Å². The first-order chi connectivity index (χ1) is 3.41. The highest BCUT2D eigenvalue weighted by Gasteiger charge is 1.90. The van der Waals surface area contributed by atoms with Crippen LogP contribution in [-0.2, 0) is 11.8 Å². The second-order valence-electron chi connectivity index (χ2n) is 0.615. The molecule has 3 nitrogen and oxygen atoms in total. The third-order valence-corrected chi connectivity index (χ3v) is 0. The van der Waals surface area contributed by atoms with Crippen molar-refractivity contribution in [1.29, 1.82) is 5.41 Å². The first kappa shape index (κ1) is 11.5. The Morgan fingerprint density at radius 1 is 1.62 bits per heavy atom. The molecule has 7 heteroatoms. The normalized spacial score (nSPS) is 8.38. The maximum atomic E-state index is 7.87. The van der Waals surface area contributed by atoms with Gasteiger partial charge in [-0.15, -0.1) is 0 Å². The fourth-order valence-electron chi connectivity index (χ4n) is 0. The van der Waals surface area contributed by atoms with Crippen molar-refractivity contribution >= 4 is 47.1 Å². The van der Waals surface area contributed by atoms with E-state index in [2.05, 4.69) is 36.3 Å². The molecule has 0 heterocycles. The van der Waals surface area contributed by atoms with Gasteiger partial charge < -0.3 is 9.79 Å². The van der Waals surface area contributed by atoms with Gasteiger partial charge in [0.25, 0.3) is 0 Å². The summed E-state index contributed by atoms with van der Waals surface area (Å²) in [6.45, 7) is 0. The van der Waals surface area contributed by atoms with E-state index in [9.17, 15) is 0 Å². The minimum Gasteiger partial charge on any atom is -0.338 e. The number of hydrogen-bond acceptors (Lipinski definition) is 3. The molecule has 0 bridgehead atoms. The number of isothiocyanates is 1. The lowest BCUT2D eigenvalue weighted by molar-refractivity contribution is 0.503. The van der Waals surface area contributed by atoms with Gasteiger partial charge in [-0.2, -0.15) is 0 Å². The fraction of sp³-hybridized carbons (Fsp3) is 0. The van der Waals surface area contributed by atoms with Gasteiger partial charge in [0.2, 0.25) is 5.69 Å². The second kappa shape index (κ2) is 5.85. The second-order valence-corrected chi connectivity index (χ2v) is 5.86. The molecule has 0 aromatic rings. The molecule has 0 atom stereocenters. The first-order valence-corrected chi connectivity index (χ1v) is 5.51. The van der Waals surface area contributed by atoms with Gasteiger partial charge in [0, 0.05) is 0 Å². The van der Waals surface area contributed by atoms with Crippen LogP contribution < -0.4 is 0 Å². The third-order valence-electron chi connectivity index (χ3n) is 0. The van der Waals surface area contributed by atoms with Crippen LogP contribution in [0.15, 0.2) is 0 Å². The third kappa shape index (κ3) is 424. The van der Waals surface area contributed by atoms with Crippen molar-refractivity contribution in [3.8, 4) is 0 Å². The molecule has 0 rings (SSSR count). The Balaban J connectivity index is 0. The highest BCUT2D eigenvalue weighted by Crippen LogP contribution is 2.39. The van der Waals surface area contributed by atoms with Gasteiger partial charge in [0.05, 0.1) is 5.16 Å². The molecule has 0 aliphatic heterocycles. The van der Waals surface area contributed by atoms with Crippen molar-refractivity contribution in [3.05, 3.63) is 0 Å². The smallest absolute Gasteiger partial charge is 0.239 e. The summed E-state index contributed by atoms with van der Waals surface area (Å²) in [6, 6.07) is 0. The van der Waals surface area contributed by atoms with Crippen LogP contribution in [0.2, 0.25) is 0 Å².